The molecule has 7 aromatic rings. The van der Waals surface area contributed by atoms with Gasteiger partial charge in [0.2, 0.25) is 20.4 Å². The third-order valence-electron chi connectivity index (χ3n) is 9.58. The number of ether oxygens (including phenoxy) is 6. The summed E-state index contributed by atoms with van der Waals surface area (Å²) in [4.78, 5) is 0. The topological polar surface area (TPSA) is 55.4 Å². The molecule has 0 amide bonds. The van der Waals surface area contributed by atoms with Crippen LogP contribution < -0.4 is 14.2 Å². The maximum Gasteiger partial charge on any atom is 0.229 e. The van der Waals surface area contributed by atoms with Crippen molar-refractivity contribution < 1.29 is 28.4 Å². The van der Waals surface area contributed by atoms with Crippen LogP contribution in [0.1, 0.15) is 49.9 Å². The van der Waals surface area contributed by atoms with Crippen molar-refractivity contribution >= 4 is 0 Å². The van der Waals surface area contributed by atoms with Gasteiger partial charge in [0.15, 0.2) is 0 Å². The summed E-state index contributed by atoms with van der Waals surface area (Å²) in [6, 6.07) is 63.8. The summed E-state index contributed by atoms with van der Waals surface area (Å²) < 4.78 is 29.8. The molecule has 0 aromatic heterocycles. The van der Waals surface area contributed by atoms with E-state index < -0.39 is 0 Å². The normalized spacial score (nSPS) is 9.54. The molecule has 6 heteroatoms. The van der Waals surface area contributed by atoms with Gasteiger partial charge in [0.25, 0.3) is 0 Å². The fourth-order valence-corrected chi connectivity index (χ4v) is 5.73. The van der Waals surface area contributed by atoms with Crippen LogP contribution in [0.2, 0.25) is 0 Å². The van der Waals surface area contributed by atoms with Crippen LogP contribution in [0.4, 0.5) is 0 Å². The fourth-order valence-electron chi connectivity index (χ4n) is 5.73. The highest BCUT2D eigenvalue weighted by Gasteiger charge is 1.99. The number of hydrogen-bond acceptors (Lipinski definition) is 6. The zero-order valence-electron chi connectivity index (χ0n) is 38.7. The first-order chi connectivity index (χ1) is 32.0. The van der Waals surface area contributed by atoms with E-state index in [4.69, 9.17) is 28.4 Å². The molecule has 0 bridgehead atoms. The number of aryl methyl sites for hydroxylation is 4. The number of para-hydroxylation sites is 3. The maximum atomic E-state index is 5.15. The van der Waals surface area contributed by atoms with Gasteiger partial charge in [0.05, 0.1) is 18.8 Å². The summed E-state index contributed by atoms with van der Waals surface area (Å²) in [5.74, 6) is 2.40. The molecule has 0 aliphatic heterocycles. The average Bonchev–Trinajstić information content (AvgIpc) is 3.38. The Balaban J connectivity index is 0.000000219. The molecule has 65 heavy (non-hydrogen) atoms. The quantitative estimate of drug-likeness (QED) is 0.0486. The minimum atomic E-state index is 0.216. The SMILES string of the molecule is C=COCOc1ccccc1.C=COCOc1ccccc1.C=COCOc1ccccc1.CCc1ccc(-c2ccc(CC)cc2)cc1.CCc1ccc(-c2ccc(CC)cc2)cc1. The summed E-state index contributed by atoms with van der Waals surface area (Å²) in [6.07, 6.45) is 8.48. The predicted molar refractivity (Wildman–Crippen MR) is 271 cm³/mol. The van der Waals surface area contributed by atoms with Crippen molar-refractivity contribution in [3.63, 3.8) is 0 Å². The first-order valence-corrected chi connectivity index (χ1v) is 22.0. The number of benzene rings is 7. The Bertz CT molecular complexity index is 1940. The lowest BCUT2D eigenvalue weighted by atomic mass is 10.0. The second kappa shape index (κ2) is 33.2. The lowest BCUT2D eigenvalue weighted by Crippen LogP contribution is -1.97. The fraction of sp³-hybridized carbons (Fsp3) is 0.186. The lowest BCUT2D eigenvalue weighted by Gasteiger charge is -2.04. The molecule has 0 spiro atoms. The molecular formula is C59H66O6. The number of rotatable bonds is 18. The molecule has 0 fully saturated rings. The lowest BCUT2D eigenvalue weighted by molar-refractivity contribution is 0.0804. The predicted octanol–water partition coefficient (Wildman–Crippen LogP) is 15.5. The molecule has 0 aliphatic carbocycles. The van der Waals surface area contributed by atoms with Gasteiger partial charge in [-0.05, 0) is 107 Å². The Morgan fingerprint density at radius 1 is 0.292 bits per heavy atom. The minimum Gasteiger partial charge on any atom is -0.466 e. The van der Waals surface area contributed by atoms with Crippen molar-refractivity contribution in [2.75, 3.05) is 20.4 Å². The van der Waals surface area contributed by atoms with Gasteiger partial charge in [0.1, 0.15) is 17.2 Å². The molecule has 0 atom stereocenters. The molecule has 0 saturated carbocycles. The monoisotopic (exact) mass is 870 g/mol. The summed E-state index contributed by atoms with van der Waals surface area (Å²) in [7, 11) is 0. The van der Waals surface area contributed by atoms with Crippen LogP contribution in [0.3, 0.4) is 0 Å². The second-order valence-corrected chi connectivity index (χ2v) is 13.9. The van der Waals surface area contributed by atoms with Gasteiger partial charge in [-0.1, -0.05) is 199 Å². The number of hydrogen-bond donors (Lipinski definition) is 0. The van der Waals surface area contributed by atoms with Gasteiger partial charge < -0.3 is 28.4 Å². The summed E-state index contributed by atoms with van der Waals surface area (Å²) in [6.45, 7) is 19.6. The van der Waals surface area contributed by atoms with E-state index in [1.165, 1.54) is 63.3 Å². The summed E-state index contributed by atoms with van der Waals surface area (Å²) in [5.41, 5.74) is 10.8. The van der Waals surface area contributed by atoms with Gasteiger partial charge in [0, 0.05) is 0 Å². The van der Waals surface area contributed by atoms with Crippen LogP contribution in [0, 0.1) is 0 Å². The molecule has 338 valence electrons. The molecule has 0 heterocycles. The van der Waals surface area contributed by atoms with Gasteiger partial charge in [-0.3, -0.25) is 0 Å². The van der Waals surface area contributed by atoms with E-state index in [-0.39, 0.29) is 20.4 Å². The third-order valence-corrected chi connectivity index (χ3v) is 9.58. The third kappa shape index (κ3) is 22.0. The molecule has 0 saturated heterocycles. The summed E-state index contributed by atoms with van der Waals surface area (Å²) >= 11 is 0. The van der Waals surface area contributed by atoms with Crippen molar-refractivity contribution in [1.29, 1.82) is 0 Å². The zero-order chi connectivity index (χ0) is 46.6. The molecular weight excluding hydrogens is 805 g/mol. The highest BCUT2D eigenvalue weighted by Crippen LogP contribution is 2.22. The molecule has 0 aliphatic rings. The van der Waals surface area contributed by atoms with Crippen LogP contribution >= 0.6 is 0 Å². The van der Waals surface area contributed by atoms with E-state index in [1.807, 2.05) is 91.0 Å². The van der Waals surface area contributed by atoms with Crippen molar-refractivity contribution in [2.24, 2.45) is 0 Å². The van der Waals surface area contributed by atoms with Crippen molar-refractivity contribution in [3.05, 3.63) is 249 Å². The highest BCUT2D eigenvalue weighted by molar-refractivity contribution is 5.64. The van der Waals surface area contributed by atoms with E-state index in [1.54, 1.807) is 0 Å². The van der Waals surface area contributed by atoms with Gasteiger partial charge >= 0.3 is 0 Å². The Hall–Kier alpha value is -7.44. The standard InChI is InChI=1S/2C16H18.3C9H10O2/c2*1-3-13-5-9-15(10-6-13)16-11-7-14(4-2)8-12-16;3*1-2-10-8-11-9-6-4-3-5-7-9/h2*5-12H,3-4H2,1-2H3;3*2-7H,1,8H2. The molecule has 0 unspecified atom stereocenters. The Morgan fingerprint density at radius 2 is 0.492 bits per heavy atom. The van der Waals surface area contributed by atoms with E-state index in [0.717, 1.165) is 42.9 Å². The van der Waals surface area contributed by atoms with Crippen LogP contribution in [0.5, 0.6) is 17.2 Å². The van der Waals surface area contributed by atoms with Crippen LogP contribution in [0.15, 0.2) is 227 Å². The first kappa shape index (κ1) is 51.9. The van der Waals surface area contributed by atoms with Gasteiger partial charge in [-0.2, -0.15) is 0 Å². The Morgan fingerprint density at radius 3 is 0.662 bits per heavy atom. The van der Waals surface area contributed by atoms with Crippen LogP contribution in [-0.4, -0.2) is 20.4 Å². The molecule has 0 N–H and O–H groups in total. The summed E-state index contributed by atoms with van der Waals surface area (Å²) in [5, 5.41) is 0. The maximum absolute atomic E-state index is 5.15. The van der Waals surface area contributed by atoms with Gasteiger partial charge in [-0.15, -0.1) is 0 Å². The second-order valence-electron chi connectivity index (χ2n) is 13.9. The highest BCUT2D eigenvalue weighted by atomic mass is 16.7. The molecule has 0 radical (unpaired) electrons. The smallest absolute Gasteiger partial charge is 0.229 e. The first-order valence-electron chi connectivity index (χ1n) is 22.0. The van der Waals surface area contributed by atoms with E-state index in [9.17, 15) is 0 Å². The van der Waals surface area contributed by atoms with Crippen LogP contribution in [0.25, 0.3) is 22.3 Å². The van der Waals surface area contributed by atoms with Crippen molar-refractivity contribution in [1.82, 2.24) is 0 Å². The minimum absolute atomic E-state index is 0.216. The zero-order valence-corrected chi connectivity index (χ0v) is 38.7. The Labute approximate surface area is 389 Å². The largest absolute Gasteiger partial charge is 0.466 e. The molecule has 6 nitrogen and oxygen atoms in total. The van der Waals surface area contributed by atoms with Crippen molar-refractivity contribution in [3.8, 4) is 39.5 Å². The average molecular weight is 871 g/mol. The Kier molecular flexibility index (Phi) is 26.5. The van der Waals surface area contributed by atoms with Crippen LogP contribution in [-0.2, 0) is 39.9 Å². The van der Waals surface area contributed by atoms with E-state index in [0.29, 0.717) is 0 Å². The molecule has 7 aromatic carbocycles. The molecule has 7 rings (SSSR count). The van der Waals surface area contributed by atoms with E-state index in [2.05, 4.69) is 144 Å². The van der Waals surface area contributed by atoms with Crippen molar-refractivity contribution in [2.45, 2.75) is 53.4 Å². The van der Waals surface area contributed by atoms with Gasteiger partial charge in [-0.25, -0.2) is 0 Å². The van der Waals surface area contributed by atoms with E-state index >= 15 is 0 Å².